The van der Waals surface area contributed by atoms with E-state index in [4.69, 9.17) is 18.5 Å². The lowest BCUT2D eigenvalue weighted by Crippen LogP contribution is -2.37. The van der Waals surface area contributed by atoms with E-state index in [-0.39, 0.29) is 32.0 Å². The van der Waals surface area contributed by atoms with E-state index < -0.39 is 26.5 Å². The number of hydrogen-bond donors (Lipinski definition) is 0. The lowest BCUT2D eigenvalue weighted by molar-refractivity contribution is -0.870. The van der Waals surface area contributed by atoms with Crippen molar-refractivity contribution in [2.75, 3.05) is 47.5 Å². The third-order valence-electron chi connectivity index (χ3n) is 12.8. The minimum absolute atomic E-state index is 0.0360. The lowest BCUT2D eigenvalue weighted by atomic mass is 10.0. The van der Waals surface area contributed by atoms with Gasteiger partial charge in [-0.2, -0.15) is 0 Å². The molecule has 0 radical (unpaired) electrons. The first kappa shape index (κ1) is 68.7. The smallest absolute Gasteiger partial charge is 0.306 e. The number of rotatable bonds is 54. The monoisotopic (exact) mass is 1020 g/mol. The number of allylic oxidation sites excluding steroid dienone is 10. The molecule has 0 N–H and O–H groups in total. The highest BCUT2D eigenvalue weighted by atomic mass is 31.2. The third kappa shape index (κ3) is 56.9. The number of quaternary nitrogens is 1. The minimum Gasteiger partial charge on any atom is -0.756 e. The second-order valence-corrected chi connectivity index (χ2v) is 22.4. The zero-order chi connectivity index (χ0) is 52.0. The van der Waals surface area contributed by atoms with Crippen LogP contribution in [0.4, 0.5) is 0 Å². The molecule has 0 aliphatic rings. The summed E-state index contributed by atoms with van der Waals surface area (Å²) in [6, 6.07) is 0. The van der Waals surface area contributed by atoms with Gasteiger partial charge in [-0.25, -0.2) is 0 Å². The third-order valence-corrected chi connectivity index (χ3v) is 13.8. The number of unbranched alkanes of at least 4 members (excludes halogenated alkanes) is 30. The molecule has 0 aromatic rings. The van der Waals surface area contributed by atoms with Crippen LogP contribution in [0.15, 0.2) is 60.8 Å². The molecule has 10 heteroatoms. The van der Waals surface area contributed by atoms with E-state index in [0.29, 0.717) is 17.4 Å². The average molecular weight is 1020 g/mol. The molecule has 0 heterocycles. The summed E-state index contributed by atoms with van der Waals surface area (Å²) in [5.74, 6) is -0.847. The van der Waals surface area contributed by atoms with E-state index in [1.165, 1.54) is 148 Å². The molecule has 0 spiro atoms. The van der Waals surface area contributed by atoms with Crippen LogP contribution in [0.5, 0.6) is 0 Å². The number of phosphoric acid groups is 1. The molecule has 0 saturated heterocycles. The Labute approximate surface area is 438 Å². The summed E-state index contributed by atoms with van der Waals surface area (Å²) in [5, 5.41) is 0. The summed E-state index contributed by atoms with van der Waals surface area (Å²) < 4.78 is 34.1. The van der Waals surface area contributed by atoms with Crippen molar-refractivity contribution < 1.29 is 42.1 Å². The molecular weight excluding hydrogens is 906 g/mol. The van der Waals surface area contributed by atoms with Crippen LogP contribution in [0.25, 0.3) is 0 Å². The number of esters is 2. The van der Waals surface area contributed by atoms with Crippen molar-refractivity contribution in [3.05, 3.63) is 60.8 Å². The molecule has 0 amide bonds. The number of likely N-dealkylation sites (N-methyl/N-ethyl adjacent to an activating group) is 1. The number of nitrogens with zero attached hydrogens (tertiary/aromatic N) is 1. The summed E-state index contributed by atoms with van der Waals surface area (Å²) in [7, 11) is 1.15. The van der Waals surface area contributed by atoms with E-state index in [9.17, 15) is 19.0 Å². The van der Waals surface area contributed by atoms with E-state index in [2.05, 4.69) is 74.6 Å². The molecule has 0 fully saturated rings. The zero-order valence-corrected chi connectivity index (χ0v) is 47.8. The van der Waals surface area contributed by atoms with Crippen molar-refractivity contribution in [3.8, 4) is 0 Å². The van der Waals surface area contributed by atoms with Crippen molar-refractivity contribution in [1.82, 2.24) is 0 Å². The topological polar surface area (TPSA) is 111 Å². The van der Waals surface area contributed by atoms with Gasteiger partial charge in [-0.1, -0.05) is 254 Å². The van der Waals surface area contributed by atoms with Crippen LogP contribution in [0.2, 0.25) is 0 Å². The van der Waals surface area contributed by atoms with Gasteiger partial charge in [-0.15, -0.1) is 0 Å². The number of hydrogen-bond acceptors (Lipinski definition) is 8. The standard InChI is InChI=1S/C61H112NO8P/c1-6-8-10-12-14-16-18-20-22-24-26-28-29-30-31-32-34-35-37-39-41-43-45-47-49-51-53-60(63)67-57-59(58-69-71(65,66)68-56-55-62(3,4)5)70-61(64)54-52-50-48-46-44-42-40-38-36-33-27-25-23-21-19-17-15-13-11-9-7-2/h9,11,15,17,21,23,27,33,38,40,59H,6-8,10,12-14,16,18-20,22,24-26,28-32,34-37,39,41-58H2,1-5H3/b11-9-,17-15-,23-21-,33-27-,40-38-. The molecule has 0 saturated carbocycles. The van der Waals surface area contributed by atoms with Gasteiger partial charge in [0.05, 0.1) is 27.7 Å². The second-order valence-electron chi connectivity index (χ2n) is 21.0. The fourth-order valence-corrected chi connectivity index (χ4v) is 9.00. The van der Waals surface area contributed by atoms with Crippen LogP contribution in [0, 0.1) is 0 Å². The Hall–Kier alpha value is -2.29. The fraction of sp³-hybridized carbons (Fsp3) is 0.803. The molecule has 71 heavy (non-hydrogen) atoms. The molecule has 0 aromatic heterocycles. The second kappa shape index (κ2) is 52.6. The van der Waals surface area contributed by atoms with Gasteiger partial charge in [-0.3, -0.25) is 14.2 Å². The first-order chi connectivity index (χ1) is 34.5. The molecule has 2 atom stereocenters. The van der Waals surface area contributed by atoms with Crippen molar-refractivity contribution >= 4 is 19.8 Å². The molecule has 0 rings (SSSR count). The largest absolute Gasteiger partial charge is 0.756 e. The highest BCUT2D eigenvalue weighted by Gasteiger charge is 2.22. The first-order valence-corrected chi connectivity index (χ1v) is 31.0. The zero-order valence-electron chi connectivity index (χ0n) is 46.9. The summed E-state index contributed by atoms with van der Waals surface area (Å²) in [6.45, 7) is 4.13. The van der Waals surface area contributed by atoms with Crippen LogP contribution in [-0.2, 0) is 32.7 Å². The highest BCUT2D eigenvalue weighted by Crippen LogP contribution is 2.38. The van der Waals surface area contributed by atoms with Crippen molar-refractivity contribution in [2.24, 2.45) is 0 Å². The molecular formula is C61H112NO8P. The summed E-state index contributed by atoms with van der Waals surface area (Å²) in [4.78, 5) is 37.9. The normalized spacial score (nSPS) is 13.7. The molecule has 9 nitrogen and oxygen atoms in total. The van der Waals surface area contributed by atoms with Gasteiger partial charge in [0, 0.05) is 12.8 Å². The van der Waals surface area contributed by atoms with Crippen LogP contribution in [0.1, 0.15) is 264 Å². The number of ether oxygens (including phenoxy) is 2. The maximum absolute atomic E-state index is 12.8. The van der Waals surface area contributed by atoms with Crippen molar-refractivity contribution in [3.63, 3.8) is 0 Å². The predicted molar refractivity (Wildman–Crippen MR) is 300 cm³/mol. The SMILES string of the molecule is CC/C=C\C/C=C\C/C=C\C/C=C\C/C=C\CCCCCCCC(=O)OC(COC(=O)CCCCCCCCCCCCCCCCCCCCCCCCCCCC)COP(=O)([O-])OCC[N+](C)(C)C. The van der Waals surface area contributed by atoms with Gasteiger partial charge in [0.15, 0.2) is 6.10 Å². The fourth-order valence-electron chi connectivity index (χ4n) is 8.27. The minimum atomic E-state index is -4.64. The van der Waals surface area contributed by atoms with E-state index in [1.807, 2.05) is 21.1 Å². The Balaban J connectivity index is 4.15. The summed E-state index contributed by atoms with van der Waals surface area (Å²) >= 11 is 0. The average Bonchev–Trinajstić information content (AvgIpc) is 3.33. The van der Waals surface area contributed by atoms with Crippen LogP contribution < -0.4 is 4.89 Å². The highest BCUT2D eigenvalue weighted by molar-refractivity contribution is 7.45. The van der Waals surface area contributed by atoms with Gasteiger partial charge in [-0.05, 0) is 57.8 Å². The Bertz CT molecular complexity index is 1380. The molecule has 2 unspecified atom stereocenters. The Morgan fingerprint density at radius 1 is 0.451 bits per heavy atom. The predicted octanol–water partition coefficient (Wildman–Crippen LogP) is 17.7. The Morgan fingerprint density at radius 2 is 0.803 bits per heavy atom. The lowest BCUT2D eigenvalue weighted by Gasteiger charge is -2.28. The molecule has 0 aliphatic heterocycles. The van der Waals surface area contributed by atoms with Crippen molar-refractivity contribution in [2.45, 2.75) is 270 Å². The summed E-state index contributed by atoms with van der Waals surface area (Å²) in [6.07, 6.45) is 67.0. The van der Waals surface area contributed by atoms with Gasteiger partial charge in [0.2, 0.25) is 0 Å². The first-order valence-electron chi connectivity index (χ1n) is 29.5. The Morgan fingerprint density at radius 3 is 1.20 bits per heavy atom. The molecule has 414 valence electrons. The maximum atomic E-state index is 12.8. The molecule has 0 aromatic carbocycles. The number of phosphoric ester groups is 1. The van der Waals surface area contributed by atoms with Crippen LogP contribution in [0.3, 0.4) is 0 Å². The van der Waals surface area contributed by atoms with Gasteiger partial charge >= 0.3 is 11.9 Å². The van der Waals surface area contributed by atoms with E-state index >= 15 is 0 Å². The summed E-state index contributed by atoms with van der Waals surface area (Å²) in [5.41, 5.74) is 0. The number of carbonyl (C=O) groups excluding carboxylic acids is 2. The molecule has 0 aliphatic carbocycles. The quantitative estimate of drug-likeness (QED) is 0.0195. The van der Waals surface area contributed by atoms with Gasteiger partial charge in [0.25, 0.3) is 7.82 Å². The van der Waals surface area contributed by atoms with E-state index in [1.54, 1.807) is 0 Å². The van der Waals surface area contributed by atoms with Crippen molar-refractivity contribution in [1.29, 1.82) is 0 Å². The number of carbonyl (C=O) groups is 2. The van der Waals surface area contributed by atoms with Gasteiger partial charge in [0.1, 0.15) is 19.8 Å². The van der Waals surface area contributed by atoms with Gasteiger partial charge < -0.3 is 27.9 Å². The van der Waals surface area contributed by atoms with E-state index in [0.717, 1.165) is 83.5 Å². The van der Waals surface area contributed by atoms with Crippen LogP contribution >= 0.6 is 7.82 Å². The Kier molecular flexibility index (Phi) is 50.9. The molecule has 0 bridgehead atoms. The van der Waals surface area contributed by atoms with Crippen LogP contribution in [-0.4, -0.2) is 70.0 Å². The maximum Gasteiger partial charge on any atom is 0.306 e.